The van der Waals surface area contributed by atoms with Crippen LogP contribution in [0.5, 0.6) is 0 Å². The molecule has 6 nitrogen and oxygen atoms in total. The van der Waals surface area contributed by atoms with E-state index in [-0.39, 0.29) is 18.5 Å². The second-order valence-corrected chi connectivity index (χ2v) is 6.63. The van der Waals surface area contributed by atoms with Crippen LogP contribution in [0, 0.1) is 0 Å². The van der Waals surface area contributed by atoms with Gasteiger partial charge >= 0.3 is 5.97 Å². The normalized spacial score (nSPS) is 17.7. The molecule has 1 atom stereocenters. The first-order valence-electron chi connectivity index (χ1n) is 8.64. The molecular weight excluding hydrogens is 306 g/mol. The summed E-state index contributed by atoms with van der Waals surface area (Å²) in [5.74, 6) is -0.967. The van der Waals surface area contributed by atoms with Crippen LogP contribution in [0.1, 0.15) is 25.3 Å². The molecular formula is C18H25N3O3. The number of carbonyl (C=O) groups is 2. The highest BCUT2D eigenvalue weighted by molar-refractivity contribution is 5.80. The summed E-state index contributed by atoms with van der Waals surface area (Å²) >= 11 is 0. The van der Waals surface area contributed by atoms with Crippen molar-refractivity contribution in [2.24, 2.45) is 0 Å². The molecule has 1 aliphatic carbocycles. The highest BCUT2D eigenvalue weighted by atomic mass is 16.4. The number of rotatable bonds is 8. The largest absolute Gasteiger partial charge is 0.480 e. The lowest BCUT2D eigenvalue weighted by atomic mass is 10.2. The summed E-state index contributed by atoms with van der Waals surface area (Å²) in [7, 11) is 0. The Morgan fingerprint density at radius 3 is 2.83 bits per heavy atom. The summed E-state index contributed by atoms with van der Waals surface area (Å²) < 4.78 is 0. The maximum Gasteiger partial charge on any atom is 0.320 e. The number of anilines is 1. The molecule has 6 heteroatoms. The van der Waals surface area contributed by atoms with Crippen molar-refractivity contribution in [1.29, 1.82) is 0 Å². The number of hydrogen-bond acceptors (Lipinski definition) is 4. The second-order valence-electron chi connectivity index (χ2n) is 6.63. The number of carbonyl (C=O) groups excluding carboxylic acids is 1. The van der Waals surface area contributed by atoms with Crippen molar-refractivity contribution in [3.8, 4) is 0 Å². The lowest BCUT2D eigenvalue weighted by molar-refractivity contribution is -0.143. The van der Waals surface area contributed by atoms with Gasteiger partial charge in [0.05, 0.1) is 6.54 Å². The molecule has 3 rings (SSSR count). The van der Waals surface area contributed by atoms with Gasteiger partial charge in [0, 0.05) is 31.4 Å². The third kappa shape index (κ3) is 3.87. The van der Waals surface area contributed by atoms with Gasteiger partial charge in [-0.3, -0.25) is 14.5 Å². The van der Waals surface area contributed by atoms with Crippen LogP contribution in [-0.2, 0) is 16.0 Å². The van der Waals surface area contributed by atoms with Crippen molar-refractivity contribution in [3.05, 3.63) is 29.8 Å². The topological polar surface area (TPSA) is 72.9 Å². The zero-order valence-corrected chi connectivity index (χ0v) is 14.1. The number of hydrogen-bond donors (Lipinski definition) is 2. The summed E-state index contributed by atoms with van der Waals surface area (Å²) in [4.78, 5) is 27.4. The average Bonchev–Trinajstić information content (AvgIpc) is 3.33. The van der Waals surface area contributed by atoms with E-state index < -0.39 is 12.0 Å². The van der Waals surface area contributed by atoms with Crippen LogP contribution >= 0.6 is 0 Å². The minimum atomic E-state index is -0.872. The van der Waals surface area contributed by atoms with E-state index in [0.29, 0.717) is 6.54 Å². The third-order valence-corrected chi connectivity index (χ3v) is 4.88. The van der Waals surface area contributed by atoms with Gasteiger partial charge in [0.15, 0.2) is 0 Å². The predicted molar refractivity (Wildman–Crippen MR) is 92.2 cm³/mol. The van der Waals surface area contributed by atoms with Crippen molar-refractivity contribution in [2.75, 3.05) is 31.1 Å². The molecule has 2 aliphatic rings. The minimum absolute atomic E-state index is 0.0949. The molecule has 0 radical (unpaired) electrons. The van der Waals surface area contributed by atoms with Gasteiger partial charge in [0.25, 0.3) is 0 Å². The Bertz CT molecular complexity index is 615. The van der Waals surface area contributed by atoms with Crippen LogP contribution in [0.2, 0.25) is 0 Å². The first-order valence-corrected chi connectivity index (χ1v) is 8.64. The van der Waals surface area contributed by atoms with Crippen molar-refractivity contribution in [1.82, 2.24) is 10.2 Å². The highest BCUT2D eigenvalue weighted by Gasteiger charge is 2.36. The molecule has 0 aromatic heterocycles. The van der Waals surface area contributed by atoms with Crippen LogP contribution in [0.15, 0.2) is 24.3 Å². The molecule has 0 bridgehead atoms. The quantitative estimate of drug-likeness (QED) is 0.746. The Balaban J connectivity index is 1.45. The van der Waals surface area contributed by atoms with Gasteiger partial charge in [-0.1, -0.05) is 18.2 Å². The molecule has 1 aromatic carbocycles. The Morgan fingerprint density at radius 2 is 2.12 bits per heavy atom. The van der Waals surface area contributed by atoms with Crippen molar-refractivity contribution >= 4 is 17.6 Å². The van der Waals surface area contributed by atoms with Crippen molar-refractivity contribution in [3.63, 3.8) is 0 Å². The monoisotopic (exact) mass is 331 g/mol. The van der Waals surface area contributed by atoms with Crippen molar-refractivity contribution in [2.45, 2.75) is 38.3 Å². The standard InChI is InChI=1S/C18H25N3O3/c1-13(18(23)24)21(15-6-7-15)12-17(22)19-9-11-20-10-8-14-4-2-3-5-16(14)20/h2-5,13,15H,6-12H2,1H3,(H,19,22)(H,23,24). The zero-order valence-electron chi connectivity index (χ0n) is 14.1. The number of aliphatic carboxylic acids is 1. The fraction of sp³-hybridized carbons (Fsp3) is 0.556. The molecule has 130 valence electrons. The Morgan fingerprint density at radius 1 is 1.38 bits per heavy atom. The first-order chi connectivity index (χ1) is 11.6. The molecule has 1 fully saturated rings. The second kappa shape index (κ2) is 7.21. The first kappa shape index (κ1) is 16.8. The van der Waals surface area contributed by atoms with Gasteiger partial charge < -0.3 is 15.3 Å². The molecule has 2 N–H and O–H groups in total. The lowest BCUT2D eigenvalue weighted by Crippen LogP contribution is -2.47. The molecule has 24 heavy (non-hydrogen) atoms. The average molecular weight is 331 g/mol. The molecule has 0 saturated heterocycles. The Hall–Kier alpha value is -2.08. The number of fused-ring (bicyclic) bond motifs is 1. The zero-order chi connectivity index (χ0) is 17.1. The van der Waals surface area contributed by atoms with Gasteiger partial charge in [-0.2, -0.15) is 0 Å². The van der Waals surface area contributed by atoms with Crippen LogP contribution in [0.3, 0.4) is 0 Å². The molecule has 1 aliphatic heterocycles. The van der Waals surface area contributed by atoms with E-state index in [1.54, 1.807) is 11.8 Å². The molecule has 0 spiro atoms. The lowest BCUT2D eigenvalue weighted by Gasteiger charge is -2.25. The number of amides is 1. The summed E-state index contributed by atoms with van der Waals surface area (Å²) in [6, 6.07) is 7.99. The third-order valence-electron chi connectivity index (χ3n) is 4.88. The summed E-state index contributed by atoms with van der Waals surface area (Å²) in [5, 5.41) is 12.1. The van der Waals surface area contributed by atoms with Gasteiger partial charge in [-0.05, 0) is 37.8 Å². The number of nitrogens with one attached hydrogen (secondary N) is 1. The number of carboxylic acid groups (broad SMARTS) is 1. The number of para-hydroxylation sites is 1. The number of benzene rings is 1. The summed E-state index contributed by atoms with van der Waals surface area (Å²) in [6.45, 7) is 4.15. The molecule has 1 heterocycles. The predicted octanol–water partition coefficient (Wildman–Crippen LogP) is 1.10. The van der Waals surface area contributed by atoms with E-state index in [9.17, 15) is 14.7 Å². The molecule has 1 amide bonds. The van der Waals surface area contributed by atoms with Crippen LogP contribution < -0.4 is 10.2 Å². The summed E-state index contributed by atoms with van der Waals surface area (Å²) in [6.07, 6.45) is 3.01. The number of carboxylic acids is 1. The molecule has 1 saturated carbocycles. The van der Waals surface area contributed by atoms with Crippen LogP contribution in [0.4, 0.5) is 5.69 Å². The van der Waals surface area contributed by atoms with Gasteiger partial charge in [-0.15, -0.1) is 0 Å². The van der Waals surface area contributed by atoms with Crippen molar-refractivity contribution < 1.29 is 14.7 Å². The fourth-order valence-electron chi connectivity index (χ4n) is 3.32. The van der Waals surface area contributed by atoms with Crippen LogP contribution in [-0.4, -0.2) is 60.1 Å². The van der Waals surface area contributed by atoms with Gasteiger partial charge in [-0.25, -0.2) is 0 Å². The van der Waals surface area contributed by atoms with E-state index in [1.165, 1.54) is 11.3 Å². The van der Waals surface area contributed by atoms with E-state index in [2.05, 4.69) is 28.4 Å². The molecule has 1 unspecified atom stereocenters. The highest BCUT2D eigenvalue weighted by Crippen LogP contribution is 2.28. The van der Waals surface area contributed by atoms with Gasteiger partial charge in [0.2, 0.25) is 5.91 Å². The van der Waals surface area contributed by atoms with Gasteiger partial charge in [0.1, 0.15) is 6.04 Å². The smallest absolute Gasteiger partial charge is 0.320 e. The van der Waals surface area contributed by atoms with E-state index in [4.69, 9.17) is 0 Å². The fourth-order valence-corrected chi connectivity index (χ4v) is 3.32. The Labute approximate surface area is 142 Å². The Kier molecular flexibility index (Phi) is 5.04. The SMILES string of the molecule is CC(C(=O)O)N(CC(=O)NCCN1CCc2ccccc21)C1CC1. The van der Waals surface area contributed by atoms with Crippen LogP contribution in [0.25, 0.3) is 0 Å². The maximum absolute atomic E-state index is 12.2. The molecule has 1 aromatic rings. The van der Waals surface area contributed by atoms with E-state index in [1.807, 2.05) is 6.07 Å². The van der Waals surface area contributed by atoms with E-state index >= 15 is 0 Å². The van der Waals surface area contributed by atoms with E-state index in [0.717, 1.165) is 32.4 Å². The summed E-state index contributed by atoms with van der Waals surface area (Å²) in [5.41, 5.74) is 2.62. The minimum Gasteiger partial charge on any atom is -0.480 e. The number of nitrogens with zero attached hydrogens (tertiary/aromatic N) is 2. The maximum atomic E-state index is 12.2.